The van der Waals surface area contributed by atoms with E-state index < -0.39 is 0 Å². The molecular formula is C14H16Cl2N2O. The summed E-state index contributed by atoms with van der Waals surface area (Å²) in [6.45, 7) is 0.264. The van der Waals surface area contributed by atoms with Crippen LogP contribution >= 0.6 is 23.2 Å². The van der Waals surface area contributed by atoms with Gasteiger partial charge >= 0.3 is 0 Å². The molecule has 2 rings (SSSR count). The molecule has 0 bridgehead atoms. The molecule has 0 heterocycles. The Hall–Kier alpha value is -1.03. The van der Waals surface area contributed by atoms with Gasteiger partial charge in [-0.25, -0.2) is 0 Å². The lowest BCUT2D eigenvalue weighted by atomic mass is 10.0. The number of rotatable bonds is 4. The van der Waals surface area contributed by atoms with Crippen LogP contribution in [0.3, 0.4) is 0 Å². The van der Waals surface area contributed by atoms with Gasteiger partial charge in [-0.1, -0.05) is 41.4 Å². The van der Waals surface area contributed by atoms with E-state index in [2.05, 4.69) is 22.8 Å². The summed E-state index contributed by atoms with van der Waals surface area (Å²) in [5.41, 5.74) is 0.473. The van der Waals surface area contributed by atoms with Crippen LogP contribution in [0.25, 0.3) is 0 Å². The first-order chi connectivity index (χ1) is 9.16. The van der Waals surface area contributed by atoms with Gasteiger partial charge in [0.25, 0.3) is 0 Å². The largest absolute Gasteiger partial charge is 0.322 e. The molecule has 0 aliphatic heterocycles. The first kappa shape index (κ1) is 14.4. The summed E-state index contributed by atoms with van der Waals surface area (Å²) < 4.78 is 0. The van der Waals surface area contributed by atoms with E-state index in [9.17, 15) is 4.79 Å². The lowest BCUT2D eigenvalue weighted by Crippen LogP contribution is -2.36. The van der Waals surface area contributed by atoms with E-state index in [0.29, 0.717) is 21.8 Å². The molecule has 1 aromatic carbocycles. The minimum Gasteiger partial charge on any atom is -0.322 e. The van der Waals surface area contributed by atoms with Crippen LogP contribution in [0.5, 0.6) is 0 Å². The molecule has 1 amide bonds. The number of halogens is 2. The highest BCUT2D eigenvalue weighted by molar-refractivity contribution is 6.39. The van der Waals surface area contributed by atoms with Gasteiger partial charge in [0.05, 0.1) is 22.3 Å². The van der Waals surface area contributed by atoms with Crippen LogP contribution in [0.1, 0.15) is 19.3 Å². The number of allylic oxidation sites excluding steroid dienone is 1. The van der Waals surface area contributed by atoms with Crippen molar-refractivity contribution in [2.75, 3.05) is 11.9 Å². The van der Waals surface area contributed by atoms with E-state index >= 15 is 0 Å². The monoisotopic (exact) mass is 298 g/mol. The predicted molar refractivity (Wildman–Crippen MR) is 79.9 cm³/mol. The molecular weight excluding hydrogens is 283 g/mol. The summed E-state index contributed by atoms with van der Waals surface area (Å²) in [7, 11) is 0. The topological polar surface area (TPSA) is 41.1 Å². The maximum Gasteiger partial charge on any atom is 0.238 e. The normalized spacial score (nSPS) is 18.3. The minimum atomic E-state index is -0.135. The molecule has 1 aliphatic carbocycles. The third-order valence-corrected chi connectivity index (χ3v) is 3.68. The number of amides is 1. The lowest BCUT2D eigenvalue weighted by Gasteiger charge is -2.19. The van der Waals surface area contributed by atoms with E-state index in [1.54, 1.807) is 18.2 Å². The summed E-state index contributed by atoms with van der Waals surface area (Å²) in [6, 6.07) is 5.51. The third-order valence-electron chi connectivity index (χ3n) is 3.05. The Kier molecular flexibility index (Phi) is 5.25. The second-order valence-electron chi connectivity index (χ2n) is 4.51. The Labute approximate surface area is 123 Å². The molecule has 2 N–H and O–H groups in total. The highest BCUT2D eigenvalue weighted by atomic mass is 35.5. The van der Waals surface area contributed by atoms with Crippen molar-refractivity contribution in [3.63, 3.8) is 0 Å². The summed E-state index contributed by atoms with van der Waals surface area (Å²) in [5.74, 6) is -0.135. The summed E-state index contributed by atoms with van der Waals surface area (Å²) >= 11 is 12.0. The number of carbonyl (C=O) groups is 1. The Morgan fingerprint density at radius 3 is 2.63 bits per heavy atom. The first-order valence-corrected chi connectivity index (χ1v) is 7.04. The van der Waals surface area contributed by atoms with Crippen molar-refractivity contribution in [3.05, 3.63) is 40.4 Å². The third kappa shape index (κ3) is 4.23. The van der Waals surface area contributed by atoms with Crippen molar-refractivity contribution in [2.24, 2.45) is 0 Å². The van der Waals surface area contributed by atoms with Crippen LogP contribution in [-0.4, -0.2) is 18.5 Å². The molecule has 102 valence electrons. The second-order valence-corrected chi connectivity index (χ2v) is 5.32. The Bertz CT molecular complexity index is 468. The summed E-state index contributed by atoms with van der Waals surface area (Å²) in [4.78, 5) is 11.9. The van der Waals surface area contributed by atoms with Gasteiger partial charge in [-0.05, 0) is 31.4 Å². The molecule has 0 aromatic heterocycles. The van der Waals surface area contributed by atoms with Crippen molar-refractivity contribution < 1.29 is 4.79 Å². The highest BCUT2D eigenvalue weighted by Crippen LogP contribution is 2.29. The molecule has 19 heavy (non-hydrogen) atoms. The fourth-order valence-electron chi connectivity index (χ4n) is 2.02. The van der Waals surface area contributed by atoms with Crippen molar-refractivity contribution in [1.29, 1.82) is 0 Å². The minimum absolute atomic E-state index is 0.135. The van der Waals surface area contributed by atoms with Crippen LogP contribution in [0.2, 0.25) is 10.0 Å². The molecule has 0 saturated heterocycles. The standard InChI is InChI=1S/C14H16Cl2N2O/c15-11-7-4-8-12(16)14(11)18-13(19)9-17-10-5-2-1-3-6-10/h1-2,4,7-8,10,17H,3,5-6,9H2,(H,18,19). The number of hydrogen-bond acceptors (Lipinski definition) is 2. The fourth-order valence-corrected chi connectivity index (χ4v) is 2.51. The number of hydrogen-bond donors (Lipinski definition) is 2. The highest BCUT2D eigenvalue weighted by Gasteiger charge is 2.13. The Morgan fingerprint density at radius 1 is 1.26 bits per heavy atom. The number of nitrogens with one attached hydrogen (secondary N) is 2. The molecule has 1 aromatic rings. The van der Waals surface area contributed by atoms with Gasteiger partial charge in [-0.15, -0.1) is 0 Å². The van der Waals surface area contributed by atoms with Crippen LogP contribution in [0, 0.1) is 0 Å². The van der Waals surface area contributed by atoms with Gasteiger partial charge in [0.15, 0.2) is 0 Å². The number of anilines is 1. The maximum absolute atomic E-state index is 11.9. The molecule has 3 nitrogen and oxygen atoms in total. The van der Waals surface area contributed by atoms with E-state index in [4.69, 9.17) is 23.2 Å². The number of benzene rings is 1. The number of para-hydroxylation sites is 1. The fraction of sp³-hybridized carbons (Fsp3) is 0.357. The average Bonchev–Trinajstić information content (AvgIpc) is 2.42. The zero-order valence-corrected chi connectivity index (χ0v) is 12.0. The zero-order valence-electron chi connectivity index (χ0n) is 10.5. The van der Waals surface area contributed by atoms with E-state index in [1.807, 2.05) is 0 Å². The molecule has 0 saturated carbocycles. The molecule has 0 radical (unpaired) electrons. The van der Waals surface area contributed by atoms with Crippen molar-refractivity contribution in [2.45, 2.75) is 25.3 Å². The lowest BCUT2D eigenvalue weighted by molar-refractivity contribution is -0.115. The second kappa shape index (κ2) is 6.94. The van der Waals surface area contributed by atoms with Gasteiger partial charge in [0, 0.05) is 6.04 Å². The SMILES string of the molecule is O=C(CNC1CC=CCC1)Nc1c(Cl)cccc1Cl. The molecule has 0 spiro atoms. The van der Waals surface area contributed by atoms with Crippen LogP contribution in [0.4, 0.5) is 5.69 Å². The molecule has 1 unspecified atom stereocenters. The van der Waals surface area contributed by atoms with Crippen molar-refractivity contribution in [3.8, 4) is 0 Å². The van der Waals surface area contributed by atoms with E-state index in [0.717, 1.165) is 19.3 Å². The maximum atomic E-state index is 11.9. The number of carbonyl (C=O) groups excluding carboxylic acids is 1. The van der Waals surface area contributed by atoms with Gasteiger partial charge in [-0.3, -0.25) is 4.79 Å². The average molecular weight is 299 g/mol. The predicted octanol–water partition coefficient (Wildman–Crippen LogP) is 3.63. The molecule has 1 aliphatic rings. The van der Waals surface area contributed by atoms with Crippen LogP contribution < -0.4 is 10.6 Å². The first-order valence-electron chi connectivity index (χ1n) is 6.29. The Balaban J connectivity index is 1.85. The smallest absolute Gasteiger partial charge is 0.238 e. The van der Waals surface area contributed by atoms with Crippen LogP contribution in [-0.2, 0) is 4.79 Å². The van der Waals surface area contributed by atoms with Gasteiger partial charge < -0.3 is 10.6 Å². The van der Waals surface area contributed by atoms with Gasteiger partial charge in [0.2, 0.25) is 5.91 Å². The van der Waals surface area contributed by atoms with Gasteiger partial charge in [0.1, 0.15) is 0 Å². The molecule has 1 atom stereocenters. The van der Waals surface area contributed by atoms with Gasteiger partial charge in [-0.2, -0.15) is 0 Å². The van der Waals surface area contributed by atoms with E-state index in [-0.39, 0.29) is 12.5 Å². The Morgan fingerprint density at radius 2 is 2.00 bits per heavy atom. The molecule has 0 fully saturated rings. The van der Waals surface area contributed by atoms with Crippen molar-refractivity contribution in [1.82, 2.24) is 5.32 Å². The summed E-state index contributed by atoms with van der Waals surface area (Å²) in [5, 5.41) is 6.86. The quantitative estimate of drug-likeness (QED) is 0.834. The zero-order chi connectivity index (χ0) is 13.7. The van der Waals surface area contributed by atoms with Crippen LogP contribution in [0.15, 0.2) is 30.4 Å². The summed E-state index contributed by atoms with van der Waals surface area (Å²) in [6.07, 6.45) is 7.41. The van der Waals surface area contributed by atoms with Crippen molar-refractivity contribution >= 4 is 34.8 Å². The van der Waals surface area contributed by atoms with E-state index in [1.165, 1.54) is 0 Å². The molecule has 5 heteroatoms.